The van der Waals surface area contributed by atoms with Gasteiger partial charge in [-0.25, -0.2) is 18.5 Å². The van der Waals surface area contributed by atoms with Crippen molar-refractivity contribution in [3.63, 3.8) is 0 Å². The fraction of sp³-hybridized carbons (Fsp3) is 0.500. The molecule has 1 fully saturated rings. The van der Waals surface area contributed by atoms with E-state index < -0.39 is 48.3 Å². The minimum atomic E-state index is -5.62. The maximum atomic E-state index is 11.7. The molecule has 1 aliphatic rings. The van der Waals surface area contributed by atoms with E-state index in [0.717, 1.165) is 4.57 Å². The molecule has 1 aromatic heterocycles. The second kappa shape index (κ2) is 8.17. The number of anilines is 1. The summed E-state index contributed by atoms with van der Waals surface area (Å²) in [4.78, 5) is 50.3. The smallest absolute Gasteiger partial charge is 0.383 e. The Balaban J connectivity index is 1.91. The van der Waals surface area contributed by atoms with Crippen molar-refractivity contribution in [3.8, 4) is 0 Å². The van der Waals surface area contributed by atoms with Crippen molar-refractivity contribution in [2.75, 3.05) is 18.9 Å². The minimum absolute atomic E-state index is 0.0145. The van der Waals surface area contributed by atoms with Gasteiger partial charge in [0.1, 0.15) is 12.4 Å². The van der Waals surface area contributed by atoms with E-state index in [2.05, 4.69) is 18.1 Å². The third-order valence-electron chi connectivity index (χ3n) is 2.69. The normalized spacial score (nSPS) is 25.0. The monoisotopic (exact) mass is 453 g/mol. The SMILES string of the molecule is Nc1ccn([C@H]2CO[C@@H](COP(=O)(O)OP(=O)(O)OP(=O)(O)O)O2)c(=O)n1. The van der Waals surface area contributed by atoms with Crippen LogP contribution in [-0.2, 0) is 36.3 Å². The van der Waals surface area contributed by atoms with Gasteiger partial charge >= 0.3 is 29.2 Å². The van der Waals surface area contributed by atoms with E-state index in [-0.39, 0.29) is 12.4 Å². The molecule has 1 aliphatic heterocycles. The predicted molar refractivity (Wildman–Crippen MR) is 82.6 cm³/mol. The zero-order chi connectivity index (χ0) is 20.5. The number of phosphoric ester groups is 1. The Bertz CT molecular complexity index is 882. The zero-order valence-electron chi connectivity index (χ0n) is 13.0. The van der Waals surface area contributed by atoms with Crippen LogP contribution in [0.25, 0.3) is 0 Å². The lowest BCUT2D eigenvalue weighted by Gasteiger charge is -2.17. The molecule has 1 saturated heterocycles. The molecule has 1 aromatic rings. The number of nitrogen functional groups attached to an aromatic ring is 1. The summed E-state index contributed by atoms with van der Waals surface area (Å²) in [6.07, 6.45) is -0.965. The Morgan fingerprint density at radius 2 is 1.89 bits per heavy atom. The fourth-order valence-electron chi connectivity index (χ4n) is 1.78. The summed E-state index contributed by atoms with van der Waals surface area (Å²) >= 11 is 0. The number of aromatic nitrogens is 2. The predicted octanol–water partition coefficient (Wildman–Crippen LogP) is -0.960. The van der Waals surface area contributed by atoms with Crippen LogP contribution in [-0.4, -0.2) is 48.6 Å². The van der Waals surface area contributed by atoms with Crippen molar-refractivity contribution in [2.45, 2.75) is 12.5 Å². The van der Waals surface area contributed by atoms with E-state index in [0.29, 0.717) is 0 Å². The number of nitrogens with two attached hydrogens (primary N) is 1. The molecule has 2 heterocycles. The van der Waals surface area contributed by atoms with Crippen molar-refractivity contribution >= 4 is 29.3 Å². The lowest BCUT2D eigenvalue weighted by molar-refractivity contribution is -0.0973. The maximum absolute atomic E-state index is 11.7. The van der Waals surface area contributed by atoms with Crippen molar-refractivity contribution in [2.24, 2.45) is 0 Å². The fourth-order valence-corrected chi connectivity index (χ4v) is 4.78. The Labute approximate surface area is 149 Å². The highest BCUT2D eigenvalue weighted by Crippen LogP contribution is 2.66. The molecule has 4 atom stereocenters. The van der Waals surface area contributed by atoms with E-state index in [1.165, 1.54) is 12.3 Å². The Hall–Kier alpha value is -0.990. The van der Waals surface area contributed by atoms with Gasteiger partial charge in [-0.05, 0) is 6.07 Å². The molecule has 0 radical (unpaired) electrons. The number of hydrogen-bond donors (Lipinski definition) is 5. The molecule has 0 spiro atoms. The molecular formula is C8H14N3O13P3. The van der Waals surface area contributed by atoms with E-state index >= 15 is 0 Å². The second-order valence-corrected chi connectivity index (χ2v) is 9.20. The summed E-state index contributed by atoms with van der Waals surface area (Å²) in [6.45, 7) is -0.979. The molecule has 27 heavy (non-hydrogen) atoms. The molecule has 19 heteroatoms. The van der Waals surface area contributed by atoms with Crippen LogP contribution >= 0.6 is 23.5 Å². The molecular weight excluding hydrogens is 439 g/mol. The Kier molecular flexibility index (Phi) is 6.75. The zero-order valence-corrected chi connectivity index (χ0v) is 15.7. The van der Waals surface area contributed by atoms with Gasteiger partial charge in [-0.1, -0.05) is 0 Å². The second-order valence-electron chi connectivity index (χ2n) is 4.78. The van der Waals surface area contributed by atoms with Gasteiger partial charge in [0.05, 0.1) is 6.61 Å². The molecule has 0 amide bonds. The standard InChI is InChI=1S/C8H14N3O13P3/c9-5-1-2-11(8(12)10-5)6-3-20-7(22-6)4-21-26(16,17)24-27(18,19)23-25(13,14)15/h1-2,6-7H,3-4H2,(H,16,17)(H,18,19)(H2,9,10,12)(H2,13,14,15)/t6-,7-/m1/s1. The van der Waals surface area contributed by atoms with Crippen LogP contribution in [0, 0.1) is 0 Å². The summed E-state index contributed by atoms with van der Waals surface area (Å²) in [5, 5.41) is 0. The first kappa shape index (κ1) is 22.3. The molecule has 154 valence electrons. The summed E-state index contributed by atoms with van der Waals surface area (Å²) < 4.78 is 56.0. The summed E-state index contributed by atoms with van der Waals surface area (Å²) in [5.74, 6) is -0.0145. The lowest BCUT2D eigenvalue weighted by Crippen LogP contribution is -2.28. The minimum Gasteiger partial charge on any atom is -0.383 e. The van der Waals surface area contributed by atoms with Gasteiger partial charge in [-0.3, -0.25) is 9.09 Å². The van der Waals surface area contributed by atoms with Crippen molar-refractivity contribution in [1.29, 1.82) is 0 Å². The number of nitrogens with zero attached hydrogens (tertiary/aromatic N) is 2. The summed E-state index contributed by atoms with van der Waals surface area (Å²) in [7, 11) is -16.4. The van der Waals surface area contributed by atoms with Gasteiger partial charge in [0.15, 0.2) is 12.5 Å². The molecule has 2 rings (SSSR count). The van der Waals surface area contributed by atoms with Crippen LogP contribution in [0.2, 0.25) is 0 Å². The van der Waals surface area contributed by atoms with Crippen LogP contribution in [0.5, 0.6) is 0 Å². The van der Waals surface area contributed by atoms with Gasteiger partial charge < -0.3 is 34.8 Å². The molecule has 6 N–H and O–H groups in total. The number of rotatable bonds is 8. The third-order valence-corrected chi connectivity index (χ3v) is 6.49. The molecule has 0 bridgehead atoms. The number of ether oxygens (including phenoxy) is 2. The van der Waals surface area contributed by atoms with Crippen molar-refractivity contribution < 1.29 is 55.9 Å². The van der Waals surface area contributed by atoms with E-state index in [1.54, 1.807) is 0 Å². The summed E-state index contributed by atoms with van der Waals surface area (Å²) in [5.41, 5.74) is 4.61. The van der Waals surface area contributed by atoms with Crippen molar-refractivity contribution in [3.05, 3.63) is 22.7 Å². The molecule has 0 aliphatic carbocycles. The first-order valence-corrected chi connectivity index (χ1v) is 11.2. The Morgan fingerprint density at radius 3 is 2.48 bits per heavy atom. The molecule has 0 aromatic carbocycles. The highest BCUT2D eigenvalue weighted by Gasteiger charge is 2.41. The quantitative estimate of drug-likeness (QED) is 0.298. The van der Waals surface area contributed by atoms with E-state index in [4.69, 9.17) is 29.9 Å². The van der Waals surface area contributed by atoms with Crippen LogP contribution in [0.3, 0.4) is 0 Å². The van der Waals surface area contributed by atoms with E-state index in [1.807, 2.05) is 0 Å². The first-order valence-electron chi connectivity index (χ1n) is 6.66. The van der Waals surface area contributed by atoms with Crippen LogP contribution in [0.4, 0.5) is 5.82 Å². The van der Waals surface area contributed by atoms with Crippen LogP contribution in [0.15, 0.2) is 17.1 Å². The number of phosphoric acid groups is 3. The highest BCUT2D eigenvalue weighted by molar-refractivity contribution is 7.66. The molecule has 0 saturated carbocycles. The topological polar surface area (TPSA) is 239 Å². The van der Waals surface area contributed by atoms with Gasteiger partial charge in [0.2, 0.25) is 0 Å². The summed E-state index contributed by atoms with van der Waals surface area (Å²) in [6, 6.07) is 1.32. The highest BCUT2D eigenvalue weighted by atomic mass is 31.3. The van der Waals surface area contributed by atoms with Crippen LogP contribution < -0.4 is 11.4 Å². The van der Waals surface area contributed by atoms with Crippen molar-refractivity contribution in [1.82, 2.24) is 9.55 Å². The lowest BCUT2D eigenvalue weighted by atomic mass is 10.5. The Morgan fingerprint density at radius 1 is 1.22 bits per heavy atom. The average molecular weight is 453 g/mol. The largest absolute Gasteiger partial charge is 0.490 e. The van der Waals surface area contributed by atoms with Gasteiger partial charge in [0, 0.05) is 6.20 Å². The first-order chi connectivity index (χ1) is 12.3. The third kappa shape index (κ3) is 7.16. The van der Waals surface area contributed by atoms with Gasteiger partial charge in [0.25, 0.3) is 0 Å². The number of hydrogen-bond acceptors (Lipinski definition) is 11. The molecule has 2 unspecified atom stereocenters. The van der Waals surface area contributed by atoms with E-state index in [9.17, 15) is 23.4 Å². The van der Waals surface area contributed by atoms with Gasteiger partial charge in [-0.15, -0.1) is 0 Å². The van der Waals surface area contributed by atoms with Gasteiger partial charge in [-0.2, -0.15) is 13.6 Å². The average Bonchev–Trinajstić information content (AvgIpc) is 2.90. The van der Waals surface area contributed by atoms with Crippen LogP contribution in [0.1, 0.15) is 6.23 Å². The maximum Gasteiger partial charge on any atom is 0.490 e. The molecule has 16 nitrogen and oxygen atoms in total.